The number of hydrogen-bond acceptors (Lipinski definition) is 9. The molecule has 0 aliphatic rings. The summed E-state index contributed by atoms with van der Waals surface area (Å²) in [6.45, 7) is 1.64. The van der Waals surface area contributed by atoms with Crippen LogP contribution in [-0.2, 0) is 14.6 Å². The van der Waals surface area contributed by atoms with E-state index in [0.717, 1.165) is 0 Å². The van der Waals surface area contributed by atoms with E-state index < -0.39 is 26.7 Å². The van der Waals surface area contributed by atoms with Crippen LogP contribution in [0.25, 0.3) is 11.5 Å². The third kappa shape index (κ3) is 3.88. The maximum Gasteiger partial charge on any atom is 0.336 e. The van der Waals surface area contributed by atoms with Gasteiger partial charge in [0.25, 0.3) is 0 Å². The second-order valence-corrected chi connectivity index (χ2v) is 7.10. The highest BCUT2D eigenvalue weighted by molar-refractivity contribution is 7.91. The van der Waals surface area contributed by atoms with Crippen molar-refractivity contribution in [2.75, 3.05) is 18.2 Å². The second-order valence-electron chi connectivity index (χ2n) is 5.24. The van der Waals surface area contributed by atoms with Crippen molar-refractivity contribution in [1.29, 1.82) is 0 Å². The Balaban J connectivity index is 1.75. The summed E-state index contributed by atoms with van der Waals surface area (Å²) in [6.07, 6.45) is 0. The third-order valence-corrected chi connectivity index (χ3v) is 4.55. The Morgan fingerprint density at radius 2 is 2.08 bits per heavy atom. The molecule has 3 rings (SSSR count). The van der Waals surface area contributed by atoms with Crippen molar-refractivity contribution < 1.29 is 26.9 Å². The number of ether oxygens (including phenoxy) is 1. The van der Waals surface area contributed by atoms with Crippen LogP contribution in [0.4, 0.5) is 5.82 Å². The Morgan fingerprint density at radius 1 is 1.27 bits per heavy atom. The minimum Gasteiger partial charge on any atom is -0.497 e. The van der Waals surface area contributed by atoms with Crippen molar-refractivity contribution >= 4 is 21.6 Å². The van der Waals surface area contributed by atoms with Crippen molar-refractivity contribution in [2.24, 2.45) is 0 Å². The van der Waals surface area contributed by atoms with Gasteiger partial charge in [-0.25, -0.2) is 8.42 Å². The first-order valence-electron chi connectivity index (χ1n) is 7.31. The molecule has 0 aliphatic carbocycles. The number of aryl methyl sites for hydroxylation is 1. The zero-order valence-electron chi connectivity index (χ0n) is 13.8. The maximum absolute atomic E-state index is 12.3. The van der Waals surface area contributed by atoms with Crippen LogP contribution >= 0.6 is 0 Å². The molecule has 1 aromatic carbocycles. The van der Waals surface area contributed by atoms with E-state index in [1.165, 1.54) is 13.2 Å². The summed E-state index contributed by atoms with van der Waals surface area (Å²) >= 11 is 0. The SMILES string of the molecule is COc1cccc(-c2nnc(S(=O)(=O)CC(=O)Nc3cc(C)on3)o2)c1. The Kier molecular flexibility index (Phi) is 4.71. The fraction of sp³-hybridized carbons (Fsp3) is 0.200. The van der Waals surface area contributed by atoms with Crippen LogP contribution in [0.1, 0.15) is 5.76 Å². The minimum atomic E-state index is -4.12. The van der Waals surface area contributed by atoms with Gasteiger partial charge in [0.05, 0.1) is 7.11 Å². The Bertz CT molecular complexity index is 1040. The first-order valence-corrected chi connectivity index (χ1v) is 8.96. The van der Waals surface area contributed by atoms with Gasteiger partial charge in [-0.05, 0) is 25.1 Å². The molecule has 11 heteroatoms. The average molecular weight is 378 g/mol. The third-order valence-electron chi connectivity index (χ3n) is 3.21. The zero-order valence-corrected chi connectivity index (χ0v) is 14.6. The summed E-state index contributed by atoms with van der Waals surface area (Å²) in [5, 5.41) is 12.5. The molecule has 1 N–H and O–H groups in total. The van der Waals surface area contributed by atoms with Crippen LogP contribution < -0.4 is 10.1 Å². The lowest BCUT2D eigenvalue weighted by Crippen LogP contribution is -2.23. The van der Waals surface area contributed by atoms with E-state index in [-0.39, 0.29) is 11.7 Å². The van der Waals surface area contributed by atoms with Gasteiger partial charge in [0.1, 0.15) is 17.3 Å². The Labute approximate surface area is 148 Å². The number of benzene rings is 1. The van der Waals surface area contributed by atoms with Gasteiger partial charge < -0.3 is 19.0 Å². The topological polar surface area (TPSA) is 137 Å². The first-order chi connectivity index (χ1) is 12.4. The number of hydrogen-bond donors (Lipinski definition) is 1. The first kappa shape index (κ1) is 17.6. The molecule has 136 valence electrons. The fourth-order valence-corrected chi connectivity index (χ4v) is 2.96. The van der Waals surface area contributed by atoms with Crippen LogP contribution in [0.2, 0.25) is 0 Å². The summed E-state index contributed by atoms with van der Waals surface area (Å²) in [5.74, 6) is -0.548. The predicted octanol–water partition coefficient (Wildman–Crippen LogP) is 1.45. The largest absolute Gasteiger partial charge is 0.497 e. The van der Waals surface area contributed by atoms with Gasteiger partial charge in [-0.15, -0.1) is 5.10 Å². The normalized spacial score (nSPS) is 11.3. The number of sulfone groups is 1. The smallest absolute Gasteiger partial charge is 0.336 e. The molecule has 0 spiro atoms. The van der Waals surface area contributed by atoms with Gasteiger partial charge in [-0.3, -0.25) is 4.79 Å². The summed E-state index contributed by atoms with van der Waals surface area (Å²) in [7, 11) is -2.62. The van der Waals surface area contributed by atoms with Gasteiger partial charge in [0.15, 0.2) is 5.82 Å². The lowest BCUT2D eigenvalue weighted by Gasteiger charge is -2.01. The molecule has 0 saturated carbocycles. The lowest BCUT2D eigenvalue weighted by molar-refractivity contribution is -0.113. The van der Waals surface area contributed by atoms with Crippen molar-refractivity contribution in [1.82, 2.24) is 15.4 Å². The molecule has 2 heterocycles. The standard InChI is InChI=1S/C15H14N4O6S/c1-9-6-12(19-25-9)16-13(20)8-26(21,22)15-18-17-14(24-15)10-4-3-5-11(7-10)23-2/h3-7H,8H2,1-2H3,(H,16,19,20). The van der Waals surface area contributed by atoms with Crippen LogP contribution in [0.3, 0.4) is 0 Å². The quantitative estimate of drug-likeness (QED) is 0.675. The molecular formula is C15H14N4O6S. The molecule has 0 unspecified atom stereocenters. The van der Waals surface area contributed by atoms with Crippen molar-refractivity contribution in [3.8, 4) is 17.2 Å². The van der Waals surface area contributed by atoms with Gasteiger partial charge in [-0.1, -0.05) is 16.3 Å². The molecule has 0 atom stereocenters. The number of carbonyl (C=O) groups is 1. The monoisotopic (exact) mass is 378 g/mol. The van der Waals surface area contributed by atoms with Crippen LogP contribution in [0.5, 0.6) is 5.75 Å². The number of amides is 1. The molecular weight excluding hydrogens is 364 g/mol. The van der Waals surface area contributed by atoms with E-state index in [9.17, 15) is 13.2 Å². The number of rotatable bonds is 6. The predicted molar refractivity (Wildman–Crippen MR) is 88.2 cm³/mol. The van der Waals surface area contributed by atoms with Gasteiger partial charge in [0.2, 0.25) is 21.6 Å². The summed E-state index contributed by atoms with van der Waals surface area (Å²) < 4.78 is 39.6. The van der Waals surface area contributed by atoms with Gasteiger partial charge in [0, 0.05) is 11.6 Å². The maximum atomic E-state index is 12.3. The van der Waals surface area contributed by atoms with E-state index in [1.54, 1.807) is 31.2 Å². The number of nitrogens with zero attached hydrogens (tertiary/aromatic N) is 3. The Hall–Kier alpha value is -3.21. The molecule has 2 aromatic heterocycles. The molecule has 0 saturated heterocycles. The lowest BCUT2D eigenvalue weighted by atomic mass is 10.2. The van der Waals surface area contributed by atoms with E-state index in [2.05, 4.69) is 20.7 Å². The summed E-state index contributed by atoms with van der Waals surface area (Å²) in [6, 6.07) is 8.14. The molecule has 3 aromatic rings. The Morgan fingerprint density at radius 3 is 2.77 bits per heavy atom. The van der Waals surface area contributed by atoms with Crippen molar-refractivity contribution in [3.63, 3.8) is 0 Å². The van der Waals surface area contributed by atoms with Gasteiger partial charge >= 0.3 is 5.22 Å². The fourth-order valence-electron chi connectivity index (χ4n) is 2.05. The summed E-state index contributed by atoms with van der Waals surface area (Å²) in [4.78, 5) is 11.9. The second kappa shape index (κ2) is 6.96. The average Bonchev–Trinajstić information content (AvgIpc) is 3.24. The zero-order chi connectivity index (χ0) is 18.7. The molecule has 0 radical (unpaired) electrons. The number of anilines is 1. The number of nitrogens with one attached hydrogen (secondary N) is 1. The molecule has 0 fully saturated rings. The number of aromatic nitrogens is 3. The van der Waals surface area contributed by atoms with Crippen LogP contribution in [0, 0.1) is 6.92 Å². The molecule has 10 nitrogen and oxygen atoms in total. The van der Waals surface area contributed by atoms with Crippen LogP contribution in [0.15, 0.2) is 44.5 Å². The highest BCUT2D eigenvalue weighted by Gasteiger charge is 2.27. The van der Waals surface area contributed by atoms with Crippen molar-refractivity contribution in [2.45, 2.75) is 12.1 Å². The van der Waals surface area contributed by atoms with E-state index >= 15 is 0 Å². The summed E-state index contributed by atoms with van der Waals surface area (Å²) in [5.41, 5.74) is 0.487. The number of methoxy groups -OCH3 is 1. The molecule has 0 bridgehead atoms. The minimum absolute atomic E-state index is 0.00462. The highest BCUT2D eigenvalue weighted by atomic mass is 32.2. The molecule has 0 aliphatic heterocycles. The number of carbonyl (C=O) groups excluding carboxylic acids is 1. The van der Waals surface area contributed by atoms with Crippen LogP contribution in [-0.4, -0.2) is 42.5 Å². The molecule has 1 amide bonds. The van der Waals surface area contributed by atoms with E-state index in [4.69, 9.17) is 13.7 Å². The van der Waals surface area contributed by atoms with E-state index in [1.807, 2.05) is 0 Å². The van der Waals surface area contributed by atoms with E-state index in [0.29, 0.717) is 17.1 Å². The molecule has 26 heavy (non-hydrogen) atoms. The van der Waals surface area contributed by atoms with Crippen molar-refractivity contribution in [3.05, 3.63) is 36.1 Å². The van der Waals surface area contributed by atoms with Gasteiger partial charge in [-0.2, -0.15) is 0 Å². The highest BCUT2D eigenvalue weighted by Crippen LogP contribution is 2.24.